The molecule has 4 heterocycles. The Bertz CT molecular complexity index is 1610. The SMILES string of the molecule is CNC.O=C(O)[C@@H]1CCCN1Cc1ccc(-c2cc3c(Nc4ccc(OCc5ccccc5)cc4)ncnc3cn2)o1. The second kappa shape index (κ2) is 13.7. The van der Waals surface area contributed by atoms with Crippen LogP contribution in [0.3, 0.4) is 0 Å². The zero-order valence-electron chi connectivity index (χ0n) is 23.7. The van der Waals surface area contributed by atoms with Gasteiger partial charge in [-0.15, -0.1) is 0 Å². The number of hydrogen-bond acceptors (Lipinski definition) is 9. The Morgan fingerprint density at radius 3 is 2.60 bits per heavy atom. The molecule has 0 amide bonds. The van der Waals surface area contributed by atoms with Gasteiger partial charge in [-0.25, -0.2) is 9.97 Å². The number of furan rings is 1. The van der Waals surface area contributed by atoms with E-state index in [-0.39, 0.29) is 0 Å². The van der Waals surface area contributed by atoms with E-state index in [9.17, 15) is 9.90 Å². The van der Waals surface area contributed by atoms with Gasteiger partial charge in [0.05, 0.1) is 18.3 Å². The quantitative estimate of drug-likeness (QED) is 0.211. The lowest BCUT2D eigenvalue weighted by Gasteiger charge is -2.19. The summed E-state index contributed by atoms with van der Waals surface area (Å²) in [5.74, 6) is 1.95. The molecular formula is C32H34N6O4. The molecular weight excluding hydrogens is 532 g/mol. The van der Waals surface area contributed by atoms with Crippen LogP contribution in [-0.4, -0.2) is 57.6 Å². The van der Waals surface area contributed by atoms with E-state index >= 15 is 0 Å². The van der Waals surface area contributed by atoms with Crippen molar-refractivity contribution in [3.63, 3.8) is 0 Å². The summed E-state index contributed by atoms with van der Waals surface area (Å²) in [6.45, 7) is 1.70. The second-order valence-corrected chi connectivity index (χ2v) is 9.97. The Morgan fingerprint density at radius 1 is 1.05 bits per heavy atom. The van der Waals surface area contributed by atoms with Crippen LogP contribution < -0.4 is 15.4 Å². The minimum Gasteiger partial charge on any atom is -0.489 e. The van der Waals surface area contributed by atoms with Crippen LogP contribution in [0.4, 0.5) is 11.5 Å². The van der Waals surface area contributed by atoms with Gasteiger partial charge in [-0.05, 0) is 81.5 Å². The van der Waals surface area contributed by atoms with Crippen LogP contribution in [-0.2, 0) is 17.9 Å². The number of pyridine rings is 1. The molecule has 10 heteroatoms. The van der Waals surface area contributed by atoms with Crippen LogP contribution in [0.25, 0.3) is 22.4 Å². The molecule has 1 atom stereocenters. The first-order valence-corrected chi connectivity index (χ1v) is 13.8. The van der Waals surface area contributed by atoms with Crippen LogP contribution in [0.15, 0.2) is 89.7 Å². The van der Waals surface area contributed by atoms with E-state index in [4.69, 9.17) is 9.15 Å². The van der Waals surface area contributed by atoms with Crippen molar-refractivity contribution in [2.24, 2.45) is 0 Å². The number of ether oxygens (including phenoxy) is 1. The molecule has 1 aliphatic heterocycles. The summed E-state index contributed by atoms with van der Waals surface area (Å²) in [6, 6.07) is 22.9. The van der Waals surface area contributed by atoms with E-state index in [1.807, 2.05) is 91.8 Å². The number of aromatic nitrogens is 3. The number of fused-ring (bicyclic) bond motifs is 1. The Hall–Kier alpha value is -4.80. The van der Waals surface area contributed by atoms with E-state index < -0.39 is 12.0 Å². The molecule has 0 saturated carbocycles. The number of likely N-dealkylation sites (tertiary alicyclic amines) is 1. The average molecular weight is 567 g/mol. The molecule has 5 aromatic rings. The zero-order chi connectivity index (χ0) is 29.3. The summed E-state index contributed by atoms with van der Waals surface area (Å²) in [7, 11) is 3.75. The van der Waals surface area contributed by atoms with Crippen LogP contribution in [0, 0.1) is 0 Å². The van der Waals surface area contributed by atoms with E-state index in [0.29, 0.717) is 48.1 Å². The van der Waals surface area contributed by atoms with Gasteiger partial charge >= 0.3 is 5.97 Å². The summed E-state index contributed by atoms with van der Waals surface area (Å²) in [5, 5.41) is 16.4. The number of hydrogen-bond donors (Lipinski definition) is 3. The van der Waals surface area contributed by atoms with Gasteiger partial charge in [0.15, 0.2) is 5.76 Å². The van der Waals surface area contributed by atoms with Gasteiger partial charge < -0.3 is 24.9 Å². The summed E-state index contributed by atoms with van der Waals surface area (Å²) < 4.78 is 12.0. The normalized spacial score (nSPS) is 14.8. The molecule has 1 aliphatic rings. The zero-order valence-corrected chi connectivity index (χ0v) is 23.7. The third-order valence-corrected chi connectivity index (χ3v) is 6.81. The number of rotatable bonds is 9. The molecule has 0 radical (unpaired) electrons. The van der Waals surface area contributed by atoms with Crippen LogP contribution >= 0.6 is 0 Å². The van der Waals surface area contributed by atoms with Gasteiger partial charge in [0.25, 0.3) is 0 Å². The number of nitrogens with one attached hydrogen (secondary N) is 2. The lowest BCUT2D eigenvalue weighted by atomic mass is 10.2. The molecule has 0 bridgehead atoms. The second-order valence-electron chi connectivity index (χ2n) is 9.97. The molecule has 6 rings (SSSR count). The highest BCUT2D eigenvalue weighted by atomic mass is 16.5. The highest BCUT2D eigenvalue weighted by molar-refractivity contribution is 5.92. The van der Waals surface area contributed by atoms with Crippen LogP contribution in [0.5, 0.6) is 5.75 Å². The standard InChI is InChI=1S/C30H27N5O4.C2H7N/c36-30(37)27-7-4-14-35(27)17-23-12-13-28(39-23)25-15-24-26(16-31-25)32-19-33-29(24)34-21-8-10-22(11-9-21)38-18-20-5-2-1-3-6-20;1-3-2/h1-3,5-6,8-13,15-16,19,27H,4,7,14,17-18H2,(H,36,37)(H,32,33,34);3H,1-2H3/t27-;/m0./s1. The van der Waals surface area contributed by atoms with Crippen molar-refractivity contribution in [1.82, 2.24) is 25.2 Å². The fourth-order valence-electron chi connectivity index (χ4n) is 4.80. The molecule has 2 aromatic carbocycles. The maximum absolute atomic E-state index is 11.5. The molecule has 216 valence electrons. The van der Waals surface area contributed by atoms with E-state index in [1.54, 1.807) is 6.20 Å². The monoisotopic (exact) mass is 566 g/mol. The van der Waals surface area contributed by atoms with Crippen LogP contribution in [0.1, 0.15) is 24.2 Å². The lowest BCUT2D eigenvalue weighted by Crippen LogP contribution is -2.35. The van der Waals surface area contributed by atoms with E-state index in [1.165, 1.54) is 6.33 Å². The predicted octanol–water partition coefficient (Wildman–Crippen LogP) is 5.49. The minimum absolute atomic E-state index is 0.450. The Morgan fingerprint density at radius 2 is 1.83 bits per heavy atom. The molecule has 3 N–H and O–H groups in total. The minimum atomic E-state index is -0.787. The maximum Gasteiger partial charge on any atom is 0.320 e. The predicted molar refractivity (Wildman–Crippen MR) is 162 cm³/mol. The Labute approximate surface area is 244 Å². The summed E-state index contributed by atoms with van der Waals surface area (Å²) in [6.07, 6.45) is 4.73. The number of benzene rings is 2. The average Bonchev–Trinajstić information content (AvgIpc) is 3.68. The fraction of sp³-hybridized carbons (Fsp3) is 0.250. The van der Waals surface area contributed by atoms with Crippen molar-refractivity contribution in [1.29, 1.82) is 0 Å². The summed E-state index contributed by atoms with van der Waals surface area (Å²) in [5.41, 5.74) is 3.32. The number of anilines is 2. The van der Waals surface area contributed by atoms with Crippen molar-refractivity contribution in [3.05, 3.63) is 96.6 Å². The maximum atomic E-state index is 11.5. The molecule has 0 aliphatic carbocycles. The number of nitrogens with zero attached hydrogens (tertiary/aromatic N) is 4. The largest absolute Gasteiger partial charge is 0.489 e. The highest BCUT2D eigenvalue weighted by Gasteiger charge is 2.31. The molecule has 1 fully saturated rings. The molecule has 42 heavy (non-hydrogen) atoms. The number of carboxylic acid groups (broad SMARTS) is 1. The Balaban J connectivity index is 0.00000113. The van der Waals surface area contributed by atoms with Gasteiger partial charge in [-0.3, -0.25) is 14.7 Å². The Kier molecular flexibility index (Phi) is 9.37. The third kappa shape index (κ3) is 7.09. The van der Waals surface area contributed by atoms with Gasteiger partial charge in [0, 0.05) is 11.1 Å². The third-order valence-electron chi connectivity index (χ3n) is 6.81. The highest BCUT2D eigenvalue weighted by Crippen LogP contribution is 2.29. The van der Waals surface area contributed by atoms with Gasteiger partial charge in [-0.2, -0.15) is 0 Å². The molecule has 0 spiro atoms. The molecule has 0 unspecified atom stereocenters. The van der Waals surface area contributed by atoms with Crippen molar-refractivity contribution < 1.29 is 19.1 Å². The fourth-order valence-corrected chi connectivity index (χ4v) is 4.80. The molecule has 1 saturated heterocycles. The van der Waals surface area contributed by atoms with Gasteiger partial charge in [0.1, 0.15) is 42.0 Å². The molecule has 3 aromatic heterocycles. The van der Waals surface area contributed by atoms with E-state index in [2.05, 4.69) is 25.6 Å². The number of carboxylic acids is 1. The smallest absolute Gasteiger partial charge is 0.320 e. The van der Waals surface area contributed by atoms with Crippen molar-refractivity contribution >= 4 is 28.4 Å². The first-order chi connectivity index (χ1) is 20.5. The summed E-state index contributed by atoms with van der Waals surface area (Å²) in [4.78, 5) is 26.8. The van der Waals surface area contributed by atoms with Crippen LogP contribution in [0.2, 0.25) is 0 Å². The van der Waals surface area contributed by atoms with Gasteiger partial charge in [0.2, 0.25) is 0 Å². The first-order valence-electron chi connectivity index (χ1n) is 13.8. The number of aliphatic carboxylic acids is 1. The van der Waals surface area contributed by atoms with Gasteiger partial charge in [-0.1, -0.05) is 30.3 Å². The lowest BCUT2D eigenvalue weighted by molar-refractivity contribution is -0.142. The van der Waals surface area contributed by atoms with E-state index in [0.717, 1.165) is 35.4 Å². The van der Waals surface area contributed by atoms with Crippen molar-refractivity contribution in [2.75, 3.05) is 26.0 Å². The van der Waals surface area contributed by atoms with Crippen molar-refractivity contribution in [3.8, 4) is 17.2 Å². The van der Waals surface area contributed by atoms with Crippen molar-refractivity contribution in [2.45, 2.75) is 32.0 Å². The first kappa shape index (κ1) is 28.7. The summed E-state index contributed by atoms with van der Waals surface area (Å²) >= 11 is 0. The number of carbonyl (C=O) groups is 1. The topological polar surface area (TPSA) is 126 Å². The molecule has 10 nitrogen and oxygen atoms in total.